The highest BCUT2D eigenvalue weighted by Gasteiger charge is 2.21. The van der Waals surface area contributed by atoms with Gasteiger partial charge in [-0.1, -0.05) is 38.9 Å². The first-order chi connectivity index (χ1) is 15.7. The number of amides is 2. The van der Waals surface area contributed by atoms with Crippen molar-refractivity contribution in [1.82, 2.24) is 5.32 Å². The molecule has 0 unspecified atom stereocenters. The number of aryl methyl sites for hydroxylation is 3. The van der Waals surface area contributed by atoms with Gasteiger partial charge in [0.15, 0.2) is 0 Å². The van der Waals surface area contributed by atoms with E-state index in [0.717, 1.165) is 42.6 Å². The number of hydrogen-bond acceptors (Lipinski definition) is 3. The van der Waals surface area contributed by atoms with Gasteiger partial charge >= 0.3 is 0 Å². The number of fused-ring (bicyclic) bond motifs is 1. The van der Waals surface area contributed by atoms with Crippen LogP contribution in [0.2, 0.25) is 5.02 Å². The third kappa shape index (κ3) is 7.49. The molecule has 0 fully saturated rings. The highest BCUT2D eigenvalue weighted by molar-refractivity contribution is 6.30. The molecule has 5 nitrogen and oxygen atoms in total. The molecule has 1 aliphatic rings. The van der Waals surface area contributed by atoms with Gasteiger partial charge in [-0.05, 0) is 92.0 Å². The van der Waals surface area contributed by atoms with Crippen molar-refractivity contribution in [3.8, 4) is 0 Å². The summed E-state index contributed by atoms with van der Waals surface area (Å²) in [5, 5.41) is 3.64. The summed E-state index contributed by atoms with van der Waals surface area (Å²) in [4.78, 5) is 29.5. The van der Waals surface area contributed by atoms with Crippen LogP contribution in [-0.2, 0) is 22.4 Å². The normalized spacial score (nSPS) is 12.2. The van der Waals surface area contributed by atoms with E-state index in [4.69, 9.17) is 11.6 Å². The van der Waals surface area contributed by atoms with Crippen LogP contribution in [0.15, 0.2) is 36.4 Å². The summed E-state index contributed by atoms with van der Waals surface area (Å²) in [5.41, 5.74) is 5.38. The van der Waals surface area contributed by atoms with Gasteiger partial charge in [-0.2, -0.15) is 0 Å². The van der Waals surface area contributed by atoms with E-state index in [2.05, 4.69) is 31.3 Å². The van der Waals surface area contributed by atoms with Crippen LogP contribution in [0.4, 0.5) is 11.4 Å². The van der Waals surface area contributed by atoms with Crippen molar-refractivity contribution in [3.05, 3.63) is 58.1 Å². The van der Waals surface area contributed by atoms with Crippen LogP contribution in [-0.4, -0.2) is 38.5 Å². The number of carbonyl (C=O) groups excluding carboxylic acids is 2. The molecule has 0 aromatic heterocycles. The molecule has 3 rings (SSSR count). The van der Waals surface area contributed by atoms with Crippen molar-refractivity contribution in [1.29, 1.82) is 0 Å². The van der Waals surface area contributed by atoms with Gasteiger partial charge in [0.1, 0.15) is 0 Å². The van der Waals surface area contributed by atoms with Gasteiger partial charge in [-0.15, -0.1) is 0 Å². The molecule has 6 heteroatoms. The topological polar surface area (TPSA) is 52.7 Å². The van der Waals surface area contributed by atoms with Crippen molar-refractivity contribution in [2.24, 2.45) is 5.92 Å². The fourth-order valence-electron chi connectivity index (χ4n) is 4.35. The van der Waals surface area contributed by atoms with Crippen LogP contribution in [0.25, 0.3) is 0 Å². The molecule has 0 saturated carbocycles. The second kappa shape index (κ2) is 12.8. The van der Waals surface area contributed by atoms with Crippen LogP contribution in [0, 0.1) is 12.8 Å². The smallest absolute Gasteiger partial charge is 0.246 e. The van der Waals surface area contributed by atoms with E-state index >= 15 is 0 Å². The predicted octanol–water partition coefficient (Wildman–Crippen LogP) is 5.80. The minimum Gasteiger partial charge on any atom is -0.355 e. The van der Waals surface area contributed by atoms with E-state index in [1.165, 1.54) is 17.5 Å². The Hall–Kier alpha value is -2.53. The lowest BCUT2D eigenvalue weighted by molar-refractivity contribution is -0.119. The summed E-state index contributed by atoms with van der Waals surface area (Å²) in [5.74, 6) is 0.471. The number of carbonyl (C=O) groups is 2. The highest BCUT2D eigenvalue weighted by atomic mass is 35.5. The molecule has 34 heavy (non-hydrogen) atoms. The van der Waals surface area contributed by atoms with Gasteiger partial charge in [0.25, 0.3) is 0 Å². The van der Waals surface area contributed by atoms with Crippen LogP contribution >= 0.6 is 11.6 Å². The van der Waals surface area contributed by atoms with Gasteiger partial charge in [0, 0.05) is 30.0 Å². The SMILES string of the molecule is C.Cc1cc(Cl)ccc1N(CC(=O)NCCCC(C)C)CC(=O)N(C)c1ccc2c(c1)CCC2. The first-order valence-electron chi connectivity index (χ1n) is 11.9. The van der Waals surface area contributed by atoms with Crippen molar-refractivity contribution >= 4 is 34.8 Å². The van der Waals surface area contributed by atoms with Gasteiger partial charge in [-0.3, -0.25) is 9.59 Å². The third-order valence-corrected chi connectivity index (χ3v) is 6.52. The molecule has 2 aromatic rings. The van der Waals surface area contributed by atoms with Crippen molar-refractivity contribution in [2.45, 2.75) is 60.3 Å². The van der Waals surface area contributed by atoms with Crippen LogP contribution < -0.4 is 15.1 Å². The maximum atomic E-state index is 13.2. The number of likely N-dealkylation sites (N-methyl/N-ethyl adjacent to an activating group) is 1. The summed E-state index contributed by atoms with van der Waals surface area (Å²) in [6.45, 7) is 7.17. The zero-order chi connectivity index (χ0) is 24.0. The van der Waals surface area contributed by atoms with Gasteiger partial charge < -0.3 is 15.1 Å². The number of anilines is 2. The summed E-state index contributed by atoms with van der Waals surface area (Å²) in [6, 6.07) is 11.8. The number of hydrogen-bond donors (Lipinski definition) is 1. The van der Waals surface area contributed by atoms with E-state index in [1.807, 2.05) is 30.0 Å². The number of halogens is 1. The monoisotopic (exact) mass is 485 g/mol. The van der Waals surface area contributed by atoms with Crippen LogP contribution in [0.3, 0.4) is 0 Å². The Labute approximate surface area is 210 Å². The van der Waals surface area contributed by atoms with Gasteiger partial charge in [0.2, 0.25) is 11.8 Å². The lowest BCUT2D eigenvalue weighted by atomic mass is 10.1. The lowest BCUT2D eigenvalue weighted by Gasteiger charge is -2.28. The Balaban J connectivity index is 0.00000408. The summed E-state index contributed by atoms with van der Waals surface area (Å²) in [6.07, 6.45) is 5.38. The summed E-state index contributed by atoms with van der Waals surface area (Å²) < 4.78 is 0. The number of nitrogens with one attached hydrogen (secondary N) is 1. The van der Waals surface area contributed by atoms with Gasteiger partial charge in [-0.25, -0.2) is 0 Å². The molecule has 2 amide bonds. The van der Waals surface area contributed by atoms with Crippen LogP contribution in [0.1, 0.15) is 57.2 Å². The Morgan fingerprint density at radius 3 is 2.50 bits per heavy atom. The fraction of sp³-hybridized carbons (Fsp3) is 0.500. The maximum absolute atomic E-state index is 13.2. The molecule has 2 aromatic carbocycles. The fourth-order valence-corrected chi connectivity index (χ4v) is 4.57. The summed E-state index contributed by atoms with van der Waals surface area (Å²) >= 11 is 6.15. The molecule has 0 saturated heterocycles. The Bertz CT molecular complexity index is 990. The van der Waals surface area contributed by atoms with E-state index in [1.54, 1.807) is 18.0 Å². The van der Waals surface area contributed by atoms with Crippen molar-refractivity contribution in [2.75, 3.05) is 36.5 Å². The Morgan fingerprint density at radius 1 is 1.06 bits per heavy atom. The Morgan fingerprint density at radius 2 is 1.79 bits per heavy atom. The molecular weight excluding hydrogens is 446 g/mol. The number of benzene rings is 2. The quantitative estimate of drug-likeness (QED) is 0.433. The largest absolute Gasteiger partial charge is 0.355 e. The molecule has 1 aliphatic carbocycles. The van der Waals surface area contributed by atoms with E-state index < -0.39 is 0 Å². The van der Waals surface area contributed by atoms with Crippen molar-refractivity contribution < 1.29 is 9.59 Å². The lowest BCUT2D eigenvalue weighted by Crippen LogP contribution is -2.44. The summed E-state index contributed by atoms with van der Waals surface area (Å²) in [7, 11) is 1.80. The number of rotatable bonds is 10. The minimum atomic E-state index is -0.0823. The zero-order valence-corrected chi connectivity index (χ0v) is 21.0. The molecule has 0 spiro atoms. The second-order valence-electron chi connectivity index (χ2n) is 9.43. The number of nitrogens with zero attached hydrogens (tertiary/aromatic N) is 2. The first kappa shape index (κ1) is 27.7. The Kier molecular flexibility index (Phi) is 10.4. The molecule has 1 N–H and O–H groups in total. The first-order valence-corrected chi connectivity index (χ1v) is 12.3. The van der Waals surface area contributed by atoms with E-state index in [0.29, 0.717) is 17.5 Å². The standard InChI is InChI=1S/C27H36ClN3O2.CH4/c1-19(2)7-6-14-29-26(32)17-31(25-13-11-23(28)15-20(25)3)18-27(33)30(4)24-12-10-21-8-5-9-22(21)16-24;/h10-13,15-16,19H,5-9,14,17-18H2,1-4H3,(H,29,32);1H4. The van der Waals surface area contributed by atoms with Crippen LogP contribution in [0.5, 0.6) is 0 Å². The predicted molar refractivity (Wildman–Crippen MR) is 144 cm³/mol. The van der Waals surface area contributed by atoms with E-state index in [-0.39, 0.29) is 32.3 Å². The third-order valence-electron chi connectivity index (χ3n) is 6.28. The molecule has 0 radical (unpaired) electrons. The van der Waals surface area contributed by atoms with Gasteiger partial charge in [0.05, 0.1) is 13.1 Å². The molecule has 0 atom stereocenters. The highest BCUT2D eigenvalue weighted by Crippen LogP contribution is 2.27. The van der Waals surface area contributed by atoms with Crippen molar-refractivity contribution in [3.63, 3.8) is 0 Å². The average Bonchev–Trinajstić information content (AvgIpc) is 3.23. The minimum absolute atomic E-state index is 0. The van der Waals surface area contributed by atoms with E-state index in [9.17, 15) is 9.59 Å². The molecule has 0 bridgehead atoms. The average molecular weight is 486 g/mol. The second-order valence-corrected chi connectivity index (χ2v) is 9.87. The molecule has 0 heterocycles. The molecule has 0 aliphatic heterocycles. The maximum Gasteiger partial charge on any atom is 0.246 e. The zero-order valence-electron chi connectivity index (χ0n) is 20.3. The molecule has 186 valence electrons. The molecular formula is C28H40ClN3O2.